The minimum atomic E-state index is -0.859. The third-order valence-electron chi connectivity index (χ3n) is 24.1. The maximum atomic E-state index is 15.4. The summed E-state index contributed by atoms with van der Waals surface area (Å²) in [6, 6.07) is 125. The van der Waals surface area contributed by atoms with Crippen molar-refractivity contribution in [2.45, 2.75) is 16.2 Å². The van der Waals surface area contributed by atoms with E-state index >= 15 is 8.78 Å². The number of rotatable bonds is 12. The zero-order valence-electron chi connectivity index (χ0n) is 59.0. The quantitative estimate of drug-likeness (QED) is 0.122. The van der Waals surface area contributed by atoms with Gasteiger partial charge in [-0.25, -0.2) is 8.78 Å². The van der Waals surface area contributed by atoms with Gasteiger partial charge in [0.15, 0.2) is 0 Å². The largest absolute Gasteiger partial charge is 0.456 e. The van der Waals surface area contributed by atoms with Crippen molar-refractivity contribution in [3.8, 4) is 44.5 Å². The average molecular weight is 1400 g/mol. The van der Waals surface area contributed by atoms with Gasteiger partial charge in [0, 0.05) is 67.8 Å². The van der Waals surface area contributed by atoms with Gasteiger partial charge in [-0.15, -0.1) is 0 Å². The normalized spacial score (nSPS) is 16.5. The topological polar surface area (TPSA) is 32.8 Å². The number of hydrogen-bond acceptors (Lipinski definition) is 4. The van der Waals surface area contributed by atoms with Gasteiger partial charge >= 0.3 is 0 Å². The molecule has 2 unspecified atom stereocenters. The lowest BCUT2D eigenvalue weighted by Gasteiger charge is -2.35. The average Bonchev–Trinajstić information content (AvgIpc) is 1.52. The Hall–Kier alpha value is -13.9. The molecule has 16 aromatic carbocycles. The summed E-state index contributed by atoms with van der Waals surface area (Å²) in [7, 11) is 0. The molecular formula is C103H64F2N2O2. The summed E-state index contributed by atoms with van der Waals surface area (Å²) < 4.78 is 44.5. The Balaban J connectivity index is 0.784. The molecule has 1 spiro atoms. The van der Waals surface area contributed by atoms with Crippen LogP contribution in [0, 0.1) is 11.6 Å². The smallest absolute Gasteiger partial charge is 0.137 e. The minimum absolute atomic E-state index is 0.296. The van der Waals surface area contributed by atoms with Crippen LogP contribution < -0.4 is 9.80 Å². The zero-order valence-corrected chi connectivity index (χ0v) is 59.0. The van der Waals surface area contributed by atoms with E-state index in [4.69, 9.17) is 8.83 Å². The van der Waals surface area contributed by atoms with Crippen LogP contribution >= 0.6 is 0 Å². The Morgan fingerprint density at radius 2 is 0.486 bits per heavy atom. The van der Waals surface area contributed by atoms with Crippen LogP contribution in [-0.2, 0) is 16.2 Å². The second kappa shape index (κ2) is 23.5. The summed E-state index contributed by atoms with van der Waals surface area (Å²) in [5.74, 6) is -0.592. The predicted octanol–water partition coefficient (Wildman–Crippen LogP) is 27.1. The number of para-hydroxylation sites is 2. The van der Waals surface area contributed by atoms with Gasteiger partial charge in [0.05, 0.1) is 16.2 Å². The van der Waals surface area contributed by atoms with Crippen LogP contribution in [0.1, 0.15) is 77.9 Å². The lowest BCUT2D eigenvalue weighted by atomic mass is 9.67. The third kappa shape index (κ3) is 8.74. The molecule has 22 rings (SSSR count). The van der Waals surface area contributed by atoms with Crippen LogP contribution in [0.25, 0.3) is 101 Å². The summed E-state index contributed by atoms with van der Waals surface area (Å²) in [5, 5.41) is 4.16. The Morgan fingerprint density at radius 3 is 0.826 bits per heavy atom. The highest BCUT2D eigenvalue weighted by Gasteiger charge is 2.53. The maximum absolute atomic E-state index is 15.4. The second-order valence-corrected chi connectivity index (χ2v) is 29.2. The van der Waals surface area contributed by atoms with Gasteiger partial charge in [-0.2, -0.15) is 0 Å². The van der Waals surface area contributed by atoms with Crippen molar-refractivity contribution in [1.29, 1.82) is 0 Å². The summed E-state index contributed by atoms with van der Waals surface area (Å²) >= 11 is 0. The van der Waals surface area contributed by atoms with E-state index in [1.54, 1.807) is 24.3 Å². The molecule has 4 aliphatic rings. The Morgan fingerprint density at radius 1 is 0.229 bits per heavy atom. The highest BCUT2D eigenvalue weighted by atomic mass is 19.1. The van der Waals surface area contributed by atoms with Crippen LogP contribution in [0.4, 0.5) is 42.9 Å². The van der Waals surface area contributed by atoms with E-state index in [2.05, 4.69) is 302 Å². The summed E-state index contributed by atoms with van der Waals surface area (Å²) in [6.07, 6.45) is 3.75. The lowest BCUT2D eigenvalue weighted by Crippen LogP contribution is -2.29. The molecule has 4 nitrogen and oxygen atoms in total. The molecule has 0 saturated heterocycles. The number of anilines is 6. The van der Waals surface area contributed by atoms with Gasteiger partial charge in [0.25, 0.3) is 0 Å². The van der Waals surface area contributed by atoms with Crippen LogP contribution in [0.15, 0.2) is 374 Å². The molecule has 0 bridgehead atoms. The molecule has 512 valence electrons. The summed E-state index contributed by atoms with van der Waals surface area (Å²) in [4.78, 5) is 4.81. The fourth-order valence-corrected chi connectivity index (χ4v) is 19.5. The Kier molecular flexibility index (Phi) is 13.5. The van der Waals surface area contributed by atoms with Gasteiger partial charge in [-0.05, 0) is 232 Å². The molecule has 2 heterocycles. The van der Waals surface area contributed by atoms with Crippen molar-refractivity contribution in [3.63, 3.8) is 0 Å². The zero-order chi connectivity index (χ0) is 72.4. The SMILES string of the molecule is C=Cc1ccc(C2(c3ccc(F)cc3)c3ccccc3-c3ccc(N(c4ccc5c(c4)C4(c6ccccc6-5)c5ccccc5-c5ccc(N(c6ccc7c(c6)C(c6ccc(F)cc6)(c6ccc(C=C)cc6)c6ccccc6-7)c6ccc7c(c6)oc6ccccc67)cc54)c4ccc5c(c4)oc4ccccc45)cc32)cc1. The van der Waals surface area contributed by atoms with Gasteiger partial charge in [0.1, 0.15) is 34.0 Å². The van der Waals surface area contributed by atoms with Crippen molar-refractivity contribution in [2.24, 2.45) is 0 Å². The summed E-state index contributed by atoms with van der Waals surface area (Å²) in [6.45, 7) is 8.27. The molecule has 0 radical (unpaired) electrons. The monoisotopic (exact) mass is 1400 g/mol. The van der Waals surface area contributed by atoms with Crippen LogP contribution in [0.2, 0.25) is 0 Å². The fourth-order valence-electron chi connectivity index (χ4n) is 19.5. The van der Waals surface area contributed by atoms with Crippen LogP contribution in [0.3, 0.4) is 0 Å². The van der Waals surface area contributed by atoms with Crippen LogP contribution in [-0.4, -0.2) is 0 Å². The lowest BCUT2D eigenvalue weighted by molar-refractivity contribution is 0.624. The van der Waals surface area contributed by atoms with E-state index in [1.807, 2.05) is 60.7 Å². The minimum Gasteiger partial charge on any atom is -0.456 e. The van der Waals surface area contributed by atoms with Gasteiger partial charge in [-0.1, -0.05) is 256 Å². The van der Waals surface area contributed by atoms with Crippen molar-refractivity contribution < 1.29 is 17.6 Å². The molecule has 0 aliphatic heterocycles. The first-order chi connectivity index (χ1) is 53.7. The van der Waals surface area contributed by atoms with Crippen molar-refractivity contribution in [1.82, 2.24) is 0 Å². The number of halogens is 2. The summed E-state index contributed by atoms with van der Waals surface area (Å²) in [5.41, 5.74) is 30.4. The van der Waals surface area contributed by atoms with E-state index in [1.165, 1.54) is 11.1 Å². The Labute approximate surface area is 628 Å². The predicted molar refractivity (Wildman–Crippen MR) is 441 cm³/mol. The molecule has 0 N–H and O–H groups in total. The molecule has 0 amide bonds. The van der Waals surface area contributed by atoms with Crippen molar-refractivity contribution in [3.05, 3.63) is 455 Å². The molecule has 6 heteroatoms. The van der Waals surface area contributed by atoms with E-state index in [-0.39, 0.29) is 11.6 Å². The number of furan rings is 2. The Bertz CT molecular complexity index is 6470. The van der Waals surface area contributed by atoms with Gasteiger partial charge in [0.2, 0.25) is 0 Å². The molecule has 2 atom stereocenters. The van der Waals surface area contributed by atoms with E-state index in [9.17, 15) is 0 Å². The molecule has 18 aromatic rings. The standard InChI is InChI=1S/C103H64F2N2O2/c1-3-63-29-33-65(34-30-63)101(67-37-41-69(104)42-38-67)89-23-11-5-17-77(89)81-51-45-71(57-93(81)101)106(75-49-55-87-85-21-9-15-27-97(85)108-99(87)61-75)73-47-53-83-79-19-7-13-25-91(79)103(95(83)59-73)92-26-14-8-20-80(92)84-54-48-74(60-96(84)103)107(76-50-56-88-86-22-10-16-28-98(86)109-100(88)62-76)72-46-52-82-78-18-6-12-24-90(78)102(94(82)58-72,68-39-43-70(105)44-40-68)66-35-31-64(4-2)32-36-66/h3-62H,1-2H2. The molecular weight excluding hydrogens is 1340 g/mol. The number of fused-ring (bicyclic) bond motifs is 22. The highest BCUT2D eigenvalue weighted by Crippen LogP contribution is 2.66. The van der Waals surface area contributed by atoms with Gasteiger partial charge < -0.3 is 18.6 Å². The van der Waals surface area contributed by atoms with E-state index in [0.29, 0.717) is 0 Å². The van der Waals surface area contributed by atoms with Crippen LogP contribution in [0.5, 0.6) is 0 Å². The van der Waals surface area contributed by atoms with Crippen molar-refractivity contribution in [2.75, 3.05) is 9.80 Å². The number of hydrogen-bond donors (Lipinski definition) is 0. The van der Waals surface area contributed by atoms with Gasteiger partial charge in [-0.3, -0.25) is 0 Å². The fraction of sp³-hybridized carbons (Fsp3) is 0.0291. The second-order valence-electron chi connectivity index (χ2n) is 29.2. The number of benzene rings is 16. The molecule has 2 aromatic heterocycles. The highest BCUT2D eigenvalue weighted by molar-refractivity contribution is 6.08. The third-order valence-corrected chi connectivity index (χ3v) is 24.1. The van der Waals surface area contributed by atoms with E-state index < -0.39 is 16.2 Å². The number of nitrogens with zero attached hydrogens (tertiary/aromatic N) is 2. The first kappa shape index (κ1) is 62.4. The molecule has 109 heavy (non-hydrogen) atoms. The maximum Gasteiger partial charge on any atom is 0.137 e. The molecule has 0 fully saturated rings. The molecule has 0 saturated carbocycles. The first-order valence-electron chi connectivity index (χ1n) is 37.1. The molecule has 4 aliphatic carbocycles. The van der Waals surface area contributed by atoms with Crippen molar-refractivity contribution >= 4 is 90.2 Å². The van der Waals surface area contributed by atoms with E-state index in [0.717, 1.165) is 189 Å². The first-order valence-corrected chi connectivity index (χ1v) is 37.1.